The zero-order chi connectivity index (χ0) is 25.1. The maximum Gasteiger partial charge on any atom is 0.336 e. The number of nitrogens with zero attached hydrogens (tertiary/aromatic N) is 2. The lowest BCUT2D eigenvalue weighted by Gasteiger charge is -2.26. The smallest absolute Gasteiger partial charge is 0.336 e. The number of hydrogen-bond acceptors (Lipinski definition) is 12. The van der Waals surface area contributed by atoms with Gasteiger partial charge in [-0.1, -0.05) is 6.92 Å². The molecule has 4 N–H and O–H groups in total. The van der Waals surface area contributed by atoms with Gasteiger partial charge in [0, 0.05) is 50.7 Å². The molecule has 182 valence electrons. The van der Waals surface area contributed by atoms with E-state index in [9.17, 15) is 49.8 Å². The van der Waals surface area contributed by atoms with E-state index in [0.717, 1.165) is 0 Å². The minimum absolute atomic E-state index is 0.0808. The zero-order valence-electron chi connectivity index (χ0n) is 17.2. The molecule has 0 aromatic heterocycles. The van der Waals surface area contributed by atoms with Gasteiger partial charge in [0.25, 0.3) is 0 Å². The largest absolute Gasteiger partial charge is 0.862 e. The van der Waals surface area contributed by atoms with Gasteiger partial charge in [-0.3, -0.25) is 0 Å². The van der Waals surface area contributed by atoms with Gasteiger partial charge in [0.05, 0.1) is 0 Å². The number of carbonyl (C=O) groups excluding carboxylic acids is 2. The quantitative estimate of drug-likeness (QED) is 0.0954. The first-order chi connectivity index (χ1) is 14.6. The van der Waals surface area contributed by atoms with Crippen LogP contribution >= 0.6 is 0 Å². The van der Waals surface area contributed by atoms with Crippen molar-refractivity contribution in [3.8, 4) is 0 Å². The van der Waals surface area contributed by atoms with Gasteiger partial charge in [-0.25, -0.2) is 9.59 Å². The maximum absolute atomic E-state index is 11.7. The lowest BCUT2D eigenvalue weighted by atomic mass is 9.95. The fourth-order valence-corrected chi connectivity index (χ4v) is 2.51. The molecular weight excluding hydrogens is 436 g/mol. The van der Waals surface area contributed by atoms with Crippen molar-refractivity contribution in [2.45, 2.75) is 56.7 Å². The summed E-state index contributed by atoms with van der Waals surface area (Å²) in [5.41, 5.74) is -5.67. The Hall–Kier alpha value is -3.26. The van der Waals surface area contributed by atoms with E-state index in [2.05, 4.69) is 9.98 Å². The molecule has 0 saturated carbocycles. The van der Waals surface area contributed by atoms with Crippen molar-refractivity contribution in [2.24, 2.45) is 15.9 Å². The Balaban J connectivity index is 4.64. The standard InChI is InChI=1S/C18H28N2O12/c1-10(9-20-12(22)6-18(32,16(29)30)8-14(25)26)3-2-4-19-11(21)5-17(31,15(27)28)7-13(23)24/h10,31-32H,2-9H2,1H3,(H,19,21)(H,20,22)(H,23,24)(H,25,26)(H,27,28)(H,29,30)/p-4/t10?,17-,18-/m1/s1. The molecule has 14 heteroatoms. The SMILES string of the molecule is CC(CCCN=C([O-])C[C@@](O)(CC(=O)[O-])C(=O)O)CN=C([O-])C[C@@](O)(CC(=O)[O-])C(=O)O. The number of carbonyl (C=O) groups is 4. The van der Waals surface area contributed by atoms with E-state index in [0.29, 0.717) is 6.42 Å². The Morgan fingerprint density at radius 1 is 0.781 bits per heavy atom. The molecule has 0 aliphatic heterocycles. The Labute approximate surface area is 182 Å². The van der Waals surface area contributed by atoms with Crippen LogP contribution in [0.1, 0.15) is 45.4 Å². The molecule has 3 atom stereocenters. The first-order valence-electron chi connectivity index (χ1n) is 9.33. The van der Waals surface area contributed by atoms with Crippen LogP contribution in [0, 0.1) is 5.92 Å². The van der Waals surface area contributed by atoms with Gasteiger partial charge in [0.15, 0.2) is 11.2 Å². The molecule has 1 unspecified atom stereocenters. The van der Waals surface area contributed by atoms with Crippen LogP contribution in [0.15, 0.2) is 9.98 Å². The van der Waals surface area contributed by atoms with Crippen molar-refractivity contribution >= 4 is 35.7 Å². The zero-order valence-corrected chi connectivity index (χ0v) is 17.2. The van der Waals surface area contributed by atoms with Crippen LogP contribution in [-0.2, 0) is 19.2 Å². The first-order valence-corrected chi connectivity index (χ1v) is 9.33. The summed E-state index contributed by atoms with van der Waals surface area (Å²) >= 11 is 0. The highest BCUT2D eigenvalue weighted by atomic mass is 16.4. The van der Waals surface area contributed by atoms with E-state index in [1.807, 2.05) is 0 Å². The minimum atomic E-state index is -2.84. The summed E-state index contributed by atoms with van der Waals surface area (Å²) < 4.78 is 0. The fourth-order valence-electron chi connectivity index (χ4n) is 2.51. The molecule has 0 radical (unpaired) electrons. The summed E-state index contributed by atoms with van der Waals surface area (Å²) in [6.07, 6.45) is -4.01. The molecule has 0 saturated heterocycles. The van der Waals surface area contributed by atoms with Crippen LogP contribution in [-0.4, -0.2) is 80.4 Å². The average Bonchev–Trinajstić information content (AvgIpc) is 2.61. The van der Waals surface area contributed by atoms with Crippen LogP contribution in [0.5, 0.6) is 0 Å². The second kappa shape index (κ2) is 12.6. The predicted molar refractivity (Wildman–Crippen MR) is 96.7 cm³/mol. The van der Waals surface area contributed by atoms with Crippen molar-refractivity contribution in [3.63, 3.8) is 0 Å². The van der Waals surface area contributed by atoms with Crippen LogP contribution in [0.4, 0.5) is 0 Å². The van der Waals surface area contributed by atoms with E-state index in [4.69, 9.17) is 10.2 Å². The van der Waals surface area contributed by atoms with E-state index in [1.165, 1.54) is 0 Å². The minimum Gasteiger partial charge on any atom is -0.862 e. The average molecular weight is 460 g/mol. The Morgan fingerprint density at radius 2 is 1.19 bits per heavy atom. The molecule has 0 aliphatic rings. The highest BCUT2D eigenvalue weighted by molar-refractivity contribution is 5.89. The summed E-state index contributed by atoms with van der Waals surface area (Å²) in [7, 11) is 0. The molecule has 0 aromatic rings. The highest BCUT2D eigenvalue weighted by Crippen LogP contribution is 2.17. The molecule has 0 bridgehead atoms. The summed E-state index contributed by atoms with van der Waals surface area (Å²) in [6.45, 7) is 1.49. The monoisotopic (exact) mass is 460 g/mol. The van der Waals surface area contributed by atoms with Crippen LogP contribution in [0.2, 0.25) is 0 Å². The van der Waals surface area contributed by atoms with Crippen molar-refractivity contribution in [1.29, 1.82) is 0 Å². The Morgan fingerprint density at radius 3 is 1.56 bits per heavy atom. The first kappa shape index (κ1) is 28.7. The maximum atomic E-state index is 11.7. The third-order valence-electron chi connectivity index (χ3n) is 4.28. The molecule has 0 rings (SSSR count). The number of aliphatic hydroxyl groups is 2. The summed E-state index contributed by atoms with van der Waals surface area (Å²) in [4.78, 5) is 50.1. The topological polar surface area (TPSA) is 266 Å². The molecule has 0 amide bonds. The third kappa shape index (κ3) is 10.7. The number of aliphatic carboxylic acids is 4. The molecular formula is C18H24N2O12-4. The molecule has 0 fully saturated rings. The van der Waals surface area contributed by atoms with Gasteiger partial charge < -0.3 is 60.4 Å². The number of hydrogen-bond donors (Lipinski definition) is 4. The molecule has 0 spiro atoms. The van der Waals surface area contributed by atoms with Crippen LogP contribution in [0.3, 0.4) is 0 Å². The number of aliphatic imine (C=N–C) groups is 2. The Kier molecular flexibility index (Phi) is 11.3. The number of carboxylic acid groups (broad SMARTS) is 4. The molecule has 0 aliphatic carbocycles. The second-order valence-electron chi connectivity index (χ2n) is 7.38. The van der Waals surface area contributed by atoms with E-state index < -0.39 is 72.6 Å². The van der Waals surface area contributed by atoms with Gasteiger partial charge in [0.2, 0.25) is 0 Å². The van der Waals surface area contributed by atoms with Crippen molar-refractivity contribution < 1.29 is 60.0 Å². The summed E-state index contributed by atoms with van der Waals surface area (Å²) in [5.74, 6) is -9.81. The lowest BCUT2D eigenvalue weighted by Crippen LogP contribution is -2.47. The second-order valence-corrected chi connectivity index (χ2v) is 7.38. The Bertz CT molecular complexity index is 765. The summed E-state index contributed by atoms with van der Waals surface area (Å²) in [6, 6.07) is 0. The van der Waals surface area contributed by atoms with Gasteiger partial charge in [0.1, 0.15) is 0 Å². The van der Waals surface area contributed by atoms with Gasteiger partial charge in [-0.05, 0) is 30.6 Å². The molecule has 32 heavy (non-hydrogen) atoms. The predicted octanol–water partition coefficient (Wildman–Crippen LogP) is -5.39. The lowest BCUT2D eigenvalue weighted by molar-refractivity contribution is -0.310. The number of carboxylic acids is 4. The number of rotatable bonds is 16. The van der Waals surface area contributed by atoms with Crippen molar-refractivity contribution in [1.82, 2.24) is 0 Å². The third-order valence-corrected chi connectivity index (χ3v) is 4.28. The van der Waals surface area contributed by atoms with E-state index in [-0.39, 0.29) is 25.4 Å². The van der Waals surface area contributed by atoms with Crippen LogP contribution in [0.25, 0.3) is 0 Å². The molecule has 14 nitrogen and oxygen atoms in total. The van der Waals surface area contributed by atoms with Crippen molar-refractivity contribution in [3.05, 3.63) is 0 Å². The van der Waals surface area contributed by atoms with Gasteiger partial charge in [-0.15, -0.1) is 0 Å². The normalized spacial score (nSPS) is 17.1. The van der Waals surface area contributed by atoms with Gasteiger partial charge >= 0.3 is 11.9 Å². The van der Waals surface area contributed by atoms with Crippen LogP contribution < -0.4 is 20.4 Å². The highest BCUT2D eigenvalue weighted by Gasteiger charge is 2.36. The summed E-state index contributed by atoms with van der Waals surface area (Å²) in [5, 5.41) is 81.7. The molecule has 0 aromatic carbocycles. The van der Waals surface area contributed by atoms with E-state index >= 15 is 0 Å². The fraction of sp³-hybridized carbons (Fsp3) is 0.667. The van der Waals surface area contributed by atoms with Gasteiger partial charge in [-0.2, -0.15) is 0 Å². The van der Waals surface area contributed by atoms with Crippen molar-refractivity contribution in [2.75, 3.05) is 13.1 Å². The van der Waals surface area contributed by atoms with E-state index in [1.54, 1.807) is 6.92 Å². The molecule has 0 heterocycles.